The van der Waals surface area contributed by atoms with Crippen LogP contribution in [0, 0.1) is 126 Å². The van der Waals surface area contributed by atoms with Gasteiger partial charge in [-0.3, -0.25) is 0 Å². The maximum Gasteiger partial charge on any atom is 2.00 e. The molecule has 0 aliphatic heterocycles. The molecule has 0 atom stereocenters. The van der Waals surface area contributed by atoms with E-state index >= 15 is 0 Å². The normalized spacial score (nSPS) is 20.3. The van der Waals surface area contributed by atoms with Gasteiger partial charge in [0, 0.05) is 63.5 Å². The van der Waals surface area contributed by atoms with Gasteiger partial charge in [-0.1, -0.05) is 95.9 Å². The van der Waals surface area contributed by atoms with Crippen molar-refractivity contribution in [3.63, 3.8) is 0 Å². The average molecular weight is 834 g/mol. The summed E-state index contributed by atoms with van der Waals surface area (Å²) in [4.78, 5) is 2.46. The van der Waals surface area contributed by atoms with Gasteiger partial charge in [-0.15, -0.1) is 0 Å². The quantitative estimate of drug-likeness (QED) is 0.121. The van der Waals surface area contributed by atoms with E-state index in [9.17, 15) is 14.2 Å². The Morgan fingerprint density at radius 3 is 1.02 bits per heavy atom. The summed E-state index contributed by atoms with van der Waals surface area (Å²) in [5.74, 6) is 2.29. The Balaban J connectivity index is 0.00000185. The molecular formula is C44H69Fe2NO3P2+4. The minimum Gasteiger partial charge on any atom is -0.396 e. The Morgan fingerprint density at radius 1 is 0.462 bits per heavy atom. The summed E-state index contributed by atoms with van der Waals surface area (Å²) in [6, 6.07) is 0. The molecule has 20 radical (unpaired) electrons. The fourth-order valence-corrected chi connectivity index (χ4v) is 16.0. The Kier molecular flexibility index (Phi) is 24.4. The first-order valence-corrected chi connectivity index (χ1v) is 21.9. The molecule has 4 aliphatic carbocycles. The summed E-state index contributed by atoms with van der Waals surface area (Å²) < 4.78 is 29.8. The second kappa shape index (κ2) is 23.7. The largest absolute Gasteiger partial charge is 2.00 e. The van der Waals surface area contributed by atoms with Crippen LogP contribution in [-0.4, -0.2) is 56.9 Å². The third kappa shape index (κ3) is 14.7. The first kappa shape index (κ1) is 53.4. The summed E-state index contributed by atoms with van der Waals surface area (Å²) >= 11 is 0. The molecule has 4 rings (SSSR count). The molecule has 0 aromatic heterocycles. The van der Waals surface area contributed by atoms with E-state index < -0.39 is 14.3 Å². The molecule has 0 aromatic rings. The Labute approximate surface area is 347 Å². The van der Waals surface area contributed by atoms with Crippen LogP contribution in [0.2, 0.25) is 0 Å². The molecular weight excluding hydrogens is 764 g/mol. The number of unbranched alkanes of at least 4 members (excludes halogenated alkanes) is 3. The zero-order valence-corrected chi connectivity index (χ0v) is 38.2. The van der Waals surface area contributed by atoms with Gasteiger partial charge in [0.25, 0.3) is 0 Å². The van der Waals surface area contributed by atoms with Gasteiger partial charge in [0.2, 0.25) is 0 Å². The maximum absolute atomic E-state index is 14.9. The molecule has 52 heavy (non-hydrogen) atoms. The van der Waals surface area contributed by atoms with Crippen molar-refractivity contribution < 1.29 is 48.4 Å². The predicted octanol–water partition coefficient (Wildman–Crippen LogP) is 11.3. The van der Waals surface area contributed by atoms with E-state index in [1.165, 1.54) is 0 Å². The van der Waals surface area contributed by atoms with Gasteiger partial charge in [0.05, 0.1) is 0 Å². The Bertz CT molecular complexity index is 920. The molecule has 4 saturated carbocycles. The van der Waals surface area contributed by atoms with Crippen molar-refractivity contribution in [1.29, 1.82) is 0 Å². The van der Waals surface area contributed by atoms with Gasteiger partial charge in [0.15, 0.2) is 0 Å². The van der Waals surface area contributed by atoms with Crippen LogP contribution < -0.4 is 0 Å². The Morgan fingerprint density at radius 2 is 0.750 bits per heavy atom. The molecule has 0 amide bonds. The van der Waals surface area contributed by atoms with E-state index in [0.29, 0.717) is 13.1 Å². The van der Waals surface area contributed by atoms with Crippen LogP contribution in [0.3, 0.4) is 0 Å². The fraction of sp³-hybridized carbons (Fsp3) is 0.545. The monoisotopic (exact) mass is 833 g/mol. The number of aliphatic hydroxyl groups excluding tert-OH is 1. The number of nitrogens with zero attached hydrogens (tertiary/aromatic N) is 1. The smallest absolute Gasteiger partial charge is 0.396 e. The van der Waals surface area contributed by atoms with Gasteiger partial charge in [-0.2, -0.15) is 0 Å². The molecule has 4 nitrogen and oxygen atoms in total. The molecule has 0 aromatic carbocycles. The van der Waals surface area contributed by atoms with Crippen molar-refractivity contribution in [2.75, 3.05) is 26.2 Å². The first-order valence-electron chi connectivity index (χ1n) is 18.5. The van der Waals surface area contributed by atoms with Crippen LogP contribution in [0.5, 0.6) is 0 Å². The number of hydrogen-bond donors (Lipinski definition) is 1. The molecule has 0 bridgehead atoms. The van der Waals surface area contributed by atoms with Crippen molar-refractivity contribution in [3.05, 3.63) is 126 Å². The minimum absolute atomic E-state index is 0. The first-order chi connectivity index (χ1) is 23.1. The molecule has 4 aliphatic rings. The standard InChI is InChI=1S/C34H59NO3P2.2C5H5.2Fe/c1-31(2,3)39(37,32(4,5)6)29-21-17-19-27(29)25-35(23-15-13-14-16-24-36)26-28-20-18-22-30(28)40(38,33(7,8)9)34(10,11)12;2*1-2-4-5-3-1;;/h17-22,36H,13-16,23-26H2,1-12H3;2*1-5H;;/q;;;2*+2. The SMILES string of the molecule is CC(C)(C)P(=O)([C]1[CH][CH][CH][C]1CN(CCCCCCO)C[C]1[CH][CH][CH][C]1P(=O)(C(C)(C)C)C(C)(C)C)C(C)(C)C.[CH]1[CH][CH][CH][CH]1.[CH]1[CH][CH][CH][CH]1.[Fe+2].[Fe+2]. The molecule has 290 valence electrons. The van der Waals surface area contributed by atoms with Crippen molar-refractivity contribution >= 4 is 14.3 Å². The van der Waals surface area contributed by atoms with Crippen LogP contribution >= 0.6 is 14.3 Å². The van der Waals surface area contributed by atoms with Gasteiger partial charge in [-0.05, 0) is 122 Å². The van der Waals surface area contributed by atoms with Crippen LogP contribution in [-0.2, 0) is 43.3 Å². The van der Waals surface area contributed by atoms with Crippen molar-refractivity contribution in [1.82, 2.24) is 4.90 Å². The third-order valence-corrected chi connectivity index (χ3v) is 19.3. The summed E-state index contributed by atoms with van der Waals surface area (Å²) in [5, 5.41) is 7.82. The number of aliphatic hydroxyl groups is 1. The van der Waals surface area contributed by atoms with Crippen LogP contribution in [0.15, 0.2) is 0 Å². The minimum atomic E-state index is -2.78. The zero-order chi connectivity index (χ0) is 37.9. The van der Waals surface area contributed by atoms with Crippen molar-refractivity contribution in [3.8, 4) is 0 Å². The van der Waals surface area contributed by atoms with Gasteiger partial charge >= 0.3 is 34.1 Å². The number of hydrogen-bond acceptors (Lipinski definition) is 4. The topological polar surface area (TPSA) is 57.6 Å². The van der Waals surface area contributed by atoms with Crippen molar-refractivity contribution in [2.24, 2.45) is 0 Å². The average Bonchev–Trinajstić information content (AvgIpc) is 3.84. The van der Waals surface area contributed by atoms with Gasteiger partial charge < -0.3 is 19.1 Å². The molecule has 0 heterocycles. The van der Waals surface area contributed by atoms with E-state index in [-0.39, 0.29) is 61.4 Å². The molecule has 0 unspecified atom stereocenters. The van der Waals surface area contributed by atoms with Crippen LogP contribution in [0.1, 0.15) is 109 Å². The van der Waals surface area contributed by atoms with E-state index in [2.05, 4.69) is 127 Å². The van der Waals surface area contributed by atoms with E-state index in [1.807, 2.05) is 64.2 Å². The zero-order valence-electron chi connectivity index (χ0n) is 34.2. The van der Waals surface area contributed by atoms with Crippen molar-refractivity contribution in [2.45, 2.75) is 129 Å². The molecule has 1 N–H and O–H groups in total. The second-order valence-corrected chi connectivity index (χ2v) is 26.3. The summed E-state index contributed by atoms with van der Waals surface area (Å²) in [5.41, 5.74) is 2.02. The third-order valence-electron chi connectivity index (χ3n) is 9.50. The second-order valence-electron chi connectivity index (χ2n) is 17.5. The molecule has 8 heteroatoms. The summed E-state index contributed by atoms with van der Waals surface area (Å²) in [7, 11) is -5.55. The molecule has 0 saturated heterocycles. The molecule has 4 fully saturated rings. The summed E-state index contributed by atoms with van der Waals surface area (Å²) in [6.45, 7) is 27.9. The predicted molar refractivity (Wildman–Crippen MR) is 218 cm³/mol. The van der Waals surface area contributed by atoms with Crippen LogP contribution in [0.25, 0.3) is 0 Å². The van der Waals surface area contributed by atoms with Gasteiger partial charge in [0.1, 0.15) is 14.3 Å². The maximum atomic E-state index is 14.9. The fourth-order valence-electron chi connectivity index (χ4n) is 7.37. The summed E-state index contributed by atoms with van der Waals surface area (Å²) in [6.07, 6.45) is 36.5. The van der Waals surface area contributed by atoms with E-state index in [4.69, 9.17) is 0 Å². The van der Waals surface area contributed by atoms with E-state index in [0.717, 1.165) is 55.4 Å². The van der Waals surface area contributed by atoms with Gasteiger partial charge in [-0.25, -0.2) is 0 Å². The molecule has 0 spiro atoms. The van der Waals surface area contributed by atoms with E-state index in [1.54, 1.807) is 0 Å². The Hall–Kier alpha value is 1.42. The van der Waals surface area contributed by atoms with Crippen LogP contribution in [0.4, 0.5) is 0 Å². The number of rotatable bonds is 12.